The Morgan fingerprint density at radius 1 is 1.53 bits per heavy atom. The van der Waals surface area contributed by atoms with E-state index < -0.39 is 0 Å². The molecule has 2 rings (SSSR count). The number of amides is 1. The summed E-state index contributed by atoms with van der Waals surface area (Å²) in [6.07, 6.45) is 0. The molecule has 1 heterocycles. The zero-order chi connectivity index (χ0) is 13.8. The third-order valence-electron chi connectivity index (χ3n) is 3.24. The highest BCUT2D eigenvalue weighted by molar-refractivity contribution is 5.99. The number of fused-ring (bicyclic) bond motifs is 1. The Kier molecular flexibility index (Phi) is 4.27. The normalized spacial score (nSPS) is 15.2. The van der Waals surface area contributed by atoms with Crippen molar-refractivity contribution in [2.45, 2.75) is 19.9 Å². The summed E-state index contributed by atoms with van der Waals surface area (Å²) in [6.45, 7) is 5.13. The van der Waals surface area contributed by atoms with Gasteiger partial charge in [-0.3, -0.25) is 4.79 Å². The van der Waals surface area contributed by atoms with Crippen LogP contribution >= 0.6 is 0 Å². The van der Waals surface area contributed by atoms with Gasteiger partial charge in [-0.25, -0.2) is 0 Å². The fourth-order valence-corrected chi connectivity index (χ4v) is 2.02. The molecule has 0 fully saturated rings. The van der Waals surface area contributed by atoms with Gasteiger partial charge < -0.3 is 20.5 Å². The molecule has 0 bridgehead atoms. The molecule has 1 amide bonds. The van der Waals surface area contributed by atoms with E-state index in [4.69, 9.17) is 4.74 Å². The molecule has 0 spiro atoms. The van der Waals surface area contributed by atoms with Crippen LogP contribution < -0.4 is 15.4 Å². The average Bonchev–Trinajstić information content (AvgIpc) is 2.43. The number of anilines is 1. The van der Waals surface area contributed by atoms with E-state index in [0.29, 0.717) is 17.9 Å². The maximum Gasteiger partial charge on any atom is 0.255 e. The van der Waals surface area contributed by atoms with E-state index in [1.54, 1.807) is 6.07 Å². The Labute approximate surface area is 113 Å². The van der Waals surface area contributed by atoms with Crippen LogP contribution in [-0.2, 0) is 0 Å². The summed E-state index contributed by atoms with van der Waals surface area (Å²) in [5.74, 6) is 0.549. The average molecular weight is 264 g/mol. The molecular formula is C14H20N2O3. The predicted octanol–water partition coefficient (Wildman–Crippen LogP) is 1.24. The predicted molar refractivity (Wildman–Crippen MR) is 73.6 cm³/mol. The van der Waals surface area contributed by atoms with Gasteiger partial charge in [0.15, 0.2) is 5.75 Å². The van der Waals surface area contributed by atoms with Crippen molar-refractivity contribution in [3.8, 4) is 5.75 Å². The summed E-state index contributed by atoms with van der Waals surface area (Å²) in [5, 5.41) is 15.3. The molecule has 19 heavy (non-hydrogen) atoms. The molecule has 104 valence electrons. The minimum Gasteiger partial charge on any atom is -0.489 e. The number of hydrogen-bond acceptors (Lipinski definition) is 4. The molecule has 1 aromatic rings. The van der Waals surface area contributed by atoms with Gasteiger partial charge in [0.1, 0.15) is 6.61 Å². The van der Waals surface area contributed by atoms with Gasteiger partial charge in [0, 0.05) is 6.54 Å². The Hall–Kier alpha value is -1.75. The zero-order valence-electron chi connectivity index (χ0n) is 11.3. The van der Waals surface area contributed by atoms with E-state index in [1.807, 2.05) is 26.0 Å². The lowest BCUT2D eigenvalue weighted by atomic mass is 10.0. The first-order valence-electron chi connectivity index (χ1n) is 6.55. The van der Waals surface area contributed by atoms with Crippen LogP contribution in [0.4, 0.5) is 5.69 Å². The number of aliphatic hydroxyl groups excluding tert-OH is 1. The first kappa shape index (κ1) is 13.7. The zero-order valence-corrected chi connectivity index (χ0v) is 11.3. The van der Waals surface area contributed by atoms with Crippen LogP contribution in [0.2, 0.25) is 0 Å². The molecule has 0 aliphatic carbocycles. The van der Waals surface area contributed by atoms with Gasteiger partial charge in [-0.1, -0.05) is 19.9 Å². The molecule has 1 aliphatic heterocycles. The molecule has 1 aliphatic rings. The molecule has 1 unspecified atom stereocenters. The highest BCUT2D eigenvalue weighted by Crippen LogP contribution is 2.31. The molecule has 1 atom stereocenters. The third kappa shape index (κ3) is 2.98. The fourth-order valence-electron chi connectivity index (χ4n) is 2.02. The maximum absolute atomic E-state index is 12.3. The Balaban J connectivity index is 2.19. The lowest BCUT2D eigenvalue weighted by molar-refractivity contribution is 0.0892. The highest BCUT2D eigenvalue weighted by Gasteiger charge is 2.22. The highest BCUT2D eigenvalue weighted by atomic mass is 16.5. The van der Waals surface area contributed by atoms with E-state index in [1.165, 1.54) is 0 Å². The Morgan fingerprint density at radius 2 is 2.32 bits per heavy atom. The third-order valence-corrected chi connectivity index (χ3v) is 3.24. The van der Waals surface area contributed by atoms with Gasteiger partial charge in [0.25, 0.3) is 5.91 Å². The number of benzene rings is 1. The molecule has 5 nitrogen and oxygen atoms in total. The lowest BCUT2D eigenvalue weighted by Crippen LogP contribution is -2.41. The van der Waals surface area contributed by atoms with Crippen LogP contribution in [-0.4, -0.2) is 36.8 Å². The first-order chi connectivity index (χ1) is 9.13. The largest absolute Gasteiger partial charge is 0.489 e. The van der Waals surface area contributed by atoms with Gasteiger partial charge in [-0.05, 0) is 18.1 Å². The van der Waals surface area contributed by atoms with Gasteiger partial charge in [-0.2, -0.15) is 0 Å². The van der Waals surface area contributed by atoms with E-state index in [2.05, 4.69) is 10.6 Å². The second-order valence-electron chi connectivity index (χ2n) is 4.96. The molecule has 0 saturated carbocycles. The molecule has 5 heteroatoms. The van der Waals surface area contributed by atoms with Crippen LogP contribution in [0.1, 0.15) is 24.2 Å². The number of hydrogen-bond donors (Lipinski definition) is 3. The van der Waals surface area contributed by atoms with Crippen molar-refractivity contribution in [3.63, 3.8) is 0 Å². The number of nitrogens with one attached hydrogen (secondary N) is 2. The second-order valence-corrected chi connectivity index (χ2v) is 4.96. The van der Waals surface area contributed by atoms with Crippen molar-refractivity contribution in [2.75, 3.05) is 25.1 Å². The summed E-state index contributed by atoms with van der Waals surface area (Å²) in [4.78, 5) is 12.3. The standard InChI is InChI=1S/C14H20N2O3/c1-9(2)12(8-17)16-14(18)10-4-3-5-11-13(10)19-7-6-15-11/h3-5,9,12,15,17H,6-8H2,1-2H3,(H,16,18). The number of carbonyl (C=O) groups excluding carboxylic acids is 1. The Morgan fingerprint density at radius 3 is 3.00 bits per heavy atom. The SMILES string of the molecule is CC(C)C(CO)NC(=O)c1cccc2c1OCCN2. The van der Waals surface area contributed by atoms with Crippen molar-refractivity contribution in [1.29, 1.82) is 0 Å². The first-order valence-corrected chi connectivity index (χ1v) is 6.55. The van der Waals surface area contributed by atoms with Crippen LogP contribution in [0.5, 0.6) is 5.75 Å². The smallest absolute Gasteiger partial charge is 0.255 e. The molecule has 3 N–H and O–H groups in total. The van der Waals surface area contributed by atoms with Crippen molar-refractivity contribution < 1.29 is 14.6 Å². The van der Waals surface area contributed by atoms with Gasteiger partial charge in [0.2, 0.25) is 0 Å². The summed E-state index contributed by atoms with van der Waals surface area (Å²) in [5.41, 5.74) is 1.34. The van der Waals surface area contributed by atoms with Crippen LogP contribution in [0.15, 0.2) is 18.2 Å². The topological polar surface area (TPSA) is 70.6 Å². The van der Waals surface area contributed by atoms with E-state index in [0.717, 1.165) is 12.2 Å². The number of carbonyl (C=O) groups is 1. The van der Waals surface area contributed by atoms with Crippen LogP contribution in [0, 0.1) is 5.92 Å². The molecular weight excluding hydrogens is 244 g/mol. The summed E-state index contributed by atoms with van der Waals surface area (Å²) < 4.78 is 5.57. The van der Waals surface area contributed by atoms with Crippen molar-refractivity contribution in [1.82, 2.24) is 5.32 Å². The molecule has 0 aromatic heterocycles. The second kappa shape index (κ2) is 5.93. The van der Waals surface area contributed by atoms with Crippen molar-refractivity contribution in [3.05, 3.63) is 23.8 Å². The number of rotatable bonds is 4. The quantitative estimate of drug-likeness (QED) is 0.765. The minimum absolute atomic E-state index is 0.0719. The van der Waals surface area contributed by atoms with E-state index in [-0.39, 0.29) is 24.5 Å². The molecule has 0 saturated heterocycles. The fraction of sp³-hybridized carbons (Fsp3) is 0.500. The summed E-state index contributed by atoms with van der Waals surface area (Å²) in [6, 6.07) is 5.19. The van der Waals surface area contributed by atoms with Crippen molar-refractivity contribution >= 4 is 11.6 Å². The van der Waals surface area contributed by atoms with Crippen LogP contribution in [0.25, 0.3) is 0 Å². The summed E-state index contributed by atoms with van der Waals surface area (Å²) >= 11 is 0. The summed E-state index contributed by atoms with van der Waals surface area (Å²) in [7, 11) is 0. The Bertz CT molecular complexity index is 460. The van der Waals surface area contributed by atoms with Gasteiger partial charge in [-0.15, -0.1) is 0 Å². The number of para-hydroxylation sites is 1. The van der Waals surface area contributed by atoms with Gasteiger partial charge in [0.05, 0.1) is 23.9 Å². The maximum atomic E-state index is 12.3. The van der Waals surface area contributed by atoms with E-state index >= 15 is 0 Å². The number of ether oxygens (including phenoxy) is 1. The molecule has 0 radical (unpaired) electrons. The van der Waals surface area contributed by atoms with E-state index in [9.17, 15) is 9.90 Å². The van der Waals surface area contributed by atoms with Crippen molar-refractivity contribution in [2.24, 2.45) is 5.92 Å². The molecule has 1 aromatic carbocycles. The monoisotopic (exact) mass is 264 g/mol. The lowest BCUT2D eigenvalue weighted by Gasteiger charge is -2.24. The minimum atomic E-state index is -0.250. The number of aliphatic hydroxyl groups is 1. The van der Waals surface area contributed by atoms with Gasteiger partial charge >= 0.3 is 0 Å². The van der Waals surface area contributed by atoms with Crippen LogP contribution in [0.3, 0.4) is 0 Å².